The maximum absolute atomic E-state index is 13.6. The lowest BCUT2D eigenvalue weighted by atomic mass is 10.2. The number of hydrogen-bond donors (Lipinski definition) is 0. The van der Waals surface area contributed by atoms with E-state index in [2.05, 4.69) is 24.8 Å². The summed E-state index contributed by atoms with van der Waals surface area (Å²) in [6, 6.07) is 3.68. The van der Waals surface area contributed by atoms with E-state index in [0.29, 0.717) is 12.1 Å². The summed E-state index contributed by atoms with van der Waals surface area (Å²) in [4.78, 5) is 16.8. The molecular weight excluding hydrogens is 269 g/mol. The van der Waals surface area contributed by atoms with Crippen LogP contribution in [0.15, 0.2) is 30.7 Å². The molecule has 6 heteroatoms. The number of rotatable bonds is 3. The van der Waals surface area contributed by atoms with Gasteiger partial charge in [-0.3, -0.25) is 9.88 Å². The molecule has 110 valence electrons. The van der Waals surface area contributed by atoms with E-state index in [0.717, 1.165) is 37.8 Å². The fourth-order valence-corrected chi connectivity index (χ4v) is 2.53. The van der Waals surface area contributed by atoms with E-state index in [4.69, 9.17) is 0 Å². The molecule has 1 aliphatic rings. The first-order valence-corrected chi connectivity index (χ1v) is 7.08. The van der Waals surface area contributed by atoms with Gasteiger partial charge >= 0.3 is 0 Å². The molecule has 0 N–H and O–H groups in total. The van der Waals surface area contributed by atoms with Gasteiger partial charge in [0.25, 0.3) is 0 Å². The number of aromatic nitrogens is 3. The third-order valence-corrected chi connectivity index (χ3v) is 3.71. The third kappa shape index (κ3) is 3.33. The molecule has 5 nitrogen and oxygen atoms in total. The minimum Gasteiger partial charge on any atom is -0.354 e. The predicted molar refractivity (Wildman–Crippen MR) is 78.5 cm³/mol. The van der Waals surface area contributed by atoms with Crippen molar-refractivity contribution in [2.24, 2.45) is 0 Å². The Labute approximate surface area is 123 Å². The van der Waals surface area contributed by atoms with Gasteiger partial charge in [0.05, 0.1) is 6.20 Å². The van der Waals surface area contributed by atoms with Gasteiger partial charge < -0.3 is 4.90 Å². The largest absolute Gasteiger partial charge is 0.354 e. The second-order valence-electron chi connectivity index (χ2n) is 5.19. The highest BCUT2D eigenvalue weighted by Gasteiger charge is 2.19. The normalized spacial score (nSPS) is 16.2. The molecule has 0 atom stereocenters. The minimum atomic E-state index is -0.230. The van der Waals surface area contributed by atoms with Gasteiger partial charge in [0.2, 0.25) is 0 Å². The van der Waals surface area contributed by atoms with Crippen molar-refractivity contribution in [3.63, 3.8) is 0 Å². The van der Waals surface area contributed by atoms with Crippen LogP contribution in [0, 0.1) is 12.7 Å². The highest BCUT2D eigenvalue weighted by atomic mass is 19.1. The van der Waals surface area contributed by atoms with Gasteiger partial charge in [-0.15, -0.1) is 0 Å². The number of anilines is 1. The summed E-state index contributed by atoms with van der Waals surface area (Å²) >= 11 is 0. The number of halogens is 1. The maximum Gasteiger partial charge on any atom is 0.145 e. The van der Waals surface area contributed by atoms with Crippen LogP contribution in [0.25, 0.3) is 0 Å². The van der Waals surface area contributed by atoms with Crippen molar-refractivity contribution < 1.29 is 4.39 Å². The average Bonchev–Trinajstić information content (AvgIpc) is 2.50. The number of piperazine rings is 1. The van der Waals surface area contributed by atoms with Crippen LogP contribution in [0.1, 0.15) is 11.4 Å². The Morgan fingerprint density at radius 1 is 1.14 bits per heavy atom. The number of hydrogen-bond acceptors (Lipinski definition) is 5. The van der Waals surface area contributed by atoms with Crippen LogP contribution in [-0.4, -0.2) is 46.0 Å². The molecule has 0 bridgehead atoms. The smallest absolute Gasteiger partial charge is 0.145 e. The Kier molecular flexibility index (Phi) is 4.06. The molecule has 0 radical (unpaired) electrons. The summed E-state index contributed by atoms with van der Waals surface area (Å²) in [7, 11) is 0. The summed E-state index contributed by atoms with van der Waals surface area (Å²) in [6.07, 6.45) is 4.70. The van der Waals surface area contributed by atoms with Gasteiger partial charge in [-0.2, -0.15) is 0 Å². The number of pyridine rings is 1. The molecule has 2 aromatic rings. The standard InChI is InChI=1S/C15H18FN5/c1-12-18-5-3-15(19-12)21-8-6-20(7-9-21)11-13-2-4-17-10-14(13)16/h2-5,10H,6-9,11H2,1H3. The second-order valence-corrected chi connectivity index (χ2v) is 5.19. The van der Waals surface area contributed by atoms with Crippen molar-refractivity contribution in [3.05, 3.63) is 47.9 Å². The summed E-state index contributed by atoms with van der Waals surface area (Å²) in [5.41, 5.74) is 0.705. The molecule has 2 aromatic heterocycles. The molecule has 3 rings (SSSR count). The molecule has 0 aromatic carbocycles. The van der Waals surface area contributed by atoms with Crippen LogP contribution < -0.4 is 4.90 Å². The lowest BCUT2D eigenvalue weighted by molar-refractivity contribution is 0.246. The Hall–Kier alpha value is -2.08. The van der Waals surface area contributed by atoms with E-state index in [1.54, 1.807) is 18.5 Å². The van der Waals surface area contributed by atoms with Crippen molar-refractivity contribution in [3.8, 4) is 0 Å². The summed E-state index contributed by atoms with van der Waals surface area (Å²) in [6.45, 7) is 6.10. The Balaban J connectivity index is 1.59. The summed E-state index contributed by atoms with van der Waals surface area (Å²) in [5.74, 6) is 1.53. The van der Waals surface area contributed by atoms with Crippen molar-refractivity contribution in [2.75, 3.05) is 31.1 Å². The maximum atomic E-state index is 13.6. The van der Waals surface area contributed by atoms with E-state index in [1.807, 2.05) is 13.0 Å². The van der Waals surface area contributed by atoms with Gasteiger partial charge in [-0.05, 0) is 19.1 Å². The number of aryl methyl sites for hydroxylation is 1. The fraction of sp³-hybridized carbons (Fsp3) is 0.400. The lowest BCUT2D eigenvalue weighted by Gasteiger charge is -2.35. The van der Waals surface area contributed by atoms with Crippen LogP contribution in [-0.2, 0) is 6.54 Å². The van der Waals surface area contributed by atoms with E-state index in [1.165, 1.54) is 6.20 Å². The minimum absolute atomic E-state index is 0.230. The molecule has 0 spiro atoms. The zero-order valence-corrected chi connectivity index (χ0v) is 12.0. The molecule has 0 unspecified atom stereocenters. The summed E-state index contributed by atoms with van der Waals surface area (Å²) < 4.78 is 13.6. The van der Waals surface area contributed by atoms with Gasteiger partial charge in [-0.1, -0.05) is 0 Å². The monoisotopic (exact) mass is 287 g/mol. The quantitative estimate of drug-likeness (QED) is 0.859. The van der Waals surface area contributed by atoms with Crippen molar-refractivity contribution in [1.29, 1.82) is 0 Å². The summed E-state index contributed by atoms with van der Waals surface area (Å²) in [5, 5.41) is 0. The molecule has 1 aliphatic heterocycles. The highest BCUT2D eigenvalue weighted by molar-refractivity contribution is 5.38. The predicted octanol–water partition coefficient (Wildman–Crippen LogP) is 1.64. The number of nitrogens with zero attached hydrogens (tertiary/aromatic N) is 5. The van der Waals surface area contributed by atoms with Crippen molar-refractivity contribution in [1.82, 2.24) is 19.9 Å². The van der Waals surface area contributed by atoms with E-state index >= 15 is 0 Å². The van der Waals surface area contributed by atoms with Crippen LogP contribution in [0.5, 0.6) is 0 Å². The molecule has 0 amide bonds. The van der Waals surface area contributed by atoms with Gasteiger partial charge in [0, 0.05) is 50.7 Å². The Morgan fingerprint density at radius 2 is 1.95 bits per heavy atom. The van der Waals surface area contributed by atoms with E-state index in [9.17, 15) is 4.39 Å². The zero-order valence-electron chi connectivity index (χ0n) is 12.0. The average molecular weight is 287 g/mol. The van der Waals surface area contributed by atoms with Crippen molar-refractivity contribution in [2.45, 2.75) is 13.5 Å². The van der Waals surface area contributed by atoms with Crippen LogP contribution in [0.2, 0.25) is 0 Å². The molecule has 1 saturated heterocycles. The van der Waals surface area contributed by atoms with Crippen LogP contribution in [0.3, 0.4) is 0 Å². The van der Waals surface area contributed by atoms with E-state index in [-0.39, 0.29) is 5.82 Å². The zero-order chi connectivity index (χ0) is 14.7. The van der Waals surface area contributed by atoms with Gasteiger partial charge in [-0.25, -0.2) is 14.4 Å². The lowest BCUT2D eigenvalue weighted by Crippen LogP contribution is -2.46. The molecule has 0 saturated carbocycles. The Morgan fingerprint density at radius 3 is 2.67 bits per heavy atom. The first-order chi connectivity index (χ1) is 10.2. The van der Waals surface area contributed by atoms with Crippen LogP contribution in [0.4, 0.5) is 10.2 Å². The van der Waals surface area contributed by atoms with E-state index < -0.39 is 0 Å². The molecular formula is C15H18FN5. The molecule has 1 fully saturated rings. The molecule has 0 aliphatic carbocycles. The highest BCUT2D eigenvalue weighted by Crippen LogP contribution is 2.15. The van der Waals surface area contributed by atoms with Crippen LogP contribution >= 0.6 is 0 Å². The molecule has 21 heavy (non-hydrogen) atoms. The topological polar surface area (TPSA) is 45.2 Å². The Bertz CT molecular complexity index is 611. The first kappa shape index (κ1) is 13.9. The molecule has 3 heterocycles. The third-order valence-electron chi connectivity index (χ3n) is 3.71. The first-order valence-electron chi connectivity index (χ1n) is 7.08. The SMILES string of the molecule is Cc1nccc(N2CCN(Cc3ccncc3F)CC2)n1. The van der Waals surface area contributed by atoms with Crippen molar-refractivity contribution >= 4 is 5.82 Å². The van der Waals surface area contributed by atoms with Gasteiger partial charge in [0.15, 0.2) is 0 Å². The fourth-order valence-electron chi connectivity index (χ4n) is 2.53. The second kappa shape index (κ2) is 6.13. The van der Waals surface area contributed by atoms with Gasteiger partial charge in [0.1, 0.15) is 17.5 Å².